The lowest BCUT2D eigenvalue weighted by Gasteiger charge is -2.21. The quantitative estimate of drug-likeness (QED) is 0.705. The van der Waals surface area contributed by atoms with Crippen LogP contribution >= 0.6 is 0 Å². The summed E-state index contributed by atoms with van der Waals surface area (Å²) < 4.78 is 6.74. The molecule has 0 bridgehead atoms. The summed E-state index contributed by atoms with van der Waals surface area (Å²) in [6.45, 7) is 2.42. The number of nitrogens with zero attached hydrogens (tertiary/aromatic N) is 2. The van der Waals surface area contributed by atoms with E-state index >= 15 is 0 Å². The van der Waals surface area contributed by atoms with E-state index in [2.05, 4.69) is 5.10 Å². The predicted octanol–water partition coefficient (Wildman–Crippen LogP) is 0.240. The zero-order valence-corrected chi connectivity index (χ0v) is 7.74. The maximum Gasteiger partial charge on any atom is 0.0682 e. The predicted molar refractivity (Wildman–Crippen MR) is 46.6 cm³/mol. The zero-order valence-electron chi connectivity index (χ0n) is 7.74. The molecule has 1 aromatic heterocycles. The fourth-order valence-corrected chi connectivity index (χ4v) is 1.10. The molecule has 0 amide bonds. The van der Waals surface area contributed by atoms with E-state index in [0.717, 1.165) is 5.56 Å². The van der Waals surface area contributed by atoms with Gasteiger partial charge in [0.05, 0.1) is 18.3 Å². The van der Waals surface area contributed by atoms with Crippen molar-refractivity contribution < 1.29 is 4.74 Å². The fourth-order valence-electron chi connectivity index (χ4n) is 1.10. The maximum absolute atomic E-state index is 5.98. The van der Waals surface area contributed by atoms with Gasteiger partial charge in [0.2, 0.25) is 0 Å². The summed E-state index contributed by atoms with van der Waals surface area (Å²) >= 11 is 0. The third-order valence-electron chi connectivity index (χ3n) is 1.81. The van der Waals surface area contributed by atoms with Crippen molar-refractivity contribution in [2.45, 2.75) is 12.5 Å². The Balaban J connectivity index is 2.81. The van der Waals surface area contributed by atoms with Crippen LogP contribution in [-0.4, -0.2) is 23.5 Å². The summed E-state index contributed by atoms with van der Waals surface area (Å²) in [5.74, 6) is 0. The van der Waals surface area contributed by atoms with Crippen LogP contribution in [0, 0.1) is 0 Å². The fraction of sp³-hybridized carbons (Fsp3) is 0.625. The van der Waals surface area contributed by atoms with Gasteiger partial charge >= 0.3 is 0 Å². The lowest BCUT2D eigenvalue weighted by molar-refractivity contribution is 0.141. The van der Waals surface area contributed by atoms with Gasteiger partial charge in [0.1, 0.15) is 0 Å². The molecular formula is C8H15N3O. The Morgan fingerprint density at radius 3 is 2.83 bits per heavy atom. The maximum atomic E-state index is 5.98. The van der Waals surface area contributed by atoms with Crippen LogP contribution in [0.15, 0.2) is 12.4 Å². The summed E-state index contributed by atoms with van der Waals surface area (Å²) in [4.78, 5) is 0. The molecule has 12 heavy (non-hydrogen) atoms. The van der Waals surface area contributed by atoms with Crippen LogP contribution in [0.2, 0.25) is 0 Å². The largest absolute Gasteiger partial charge is 0.382 e. The van der Waals surface area contributed by atoms with Crippen molar-refractivity contribution in [2.75, 3.05) is 13.7 Å². The molecule has 1 atom stereocenters. The van der Waals surface area contributed by atoms with Crippen LogP contribution < -0.4 is 5.73 Å². The first-order valence-electron chi connectivity index (χ1n) is 3.83. The molecule has 0 saturated heterocycles. The molecule has 0 radical (unpaired) electrons. The van der Waals surface area contributed by atoms with Gasteiger partial charge in [-0.05, 0) is 6.92 Å². The molecule has 1 rings (SSSR count). The first-order chi connectivity index (χ1) is 5.56. The van der Waals surface area contributed by atoms with Crippen molar-refractivity contribution in [3.8, 4) is 0 Å². The Morgan fingerprint density at radius 2 is 2.42 bits per heavy atom. The number of hydrogen-bond acceptors (Lipinski definition) is 3. The van der Waals surface area contributed by atoms with Crippen molar-refractivity contribution in [3.63, 3.8) is 0 Å². The molecule has 1 unspecified atom stereocenters. The average Bonchev–Trinajstić information content (AvgIpc) is 2.36. The normalized spacial score (nSPS) is 16.0. The number of ether oxygens (including phenoxy) is 1. The first-order valence-corrected chi connectivity index (χ1v) is 3.83. The molecule has 0 aliphatic heterocycles. The van der Waals surface area contributed by atoms with Gasteiger partial charge in [-0.15, -0.1) is 0 Å². The van der Waals surface area contributed by atoms with Gasteiger partial charge in [-0.1, -0.05) is 0 Å². The van der Waals surface area contributed by atoms with Gasteiger partial charge in [-0.3, -0.25) is 4.68 Å². The molecule has 0 aliphatic rings. The molecule has 0 fully saturated rings. The van der Waals surface area contributed by atoms with Crippen LogP contribution in [0.4, 0.5) is 0 Å². The highest BCUT2D eigenvalue weighted by Gasteiger charge is 2.22. The minimum atomic E-state index is -0.441. The zero-order chi connectivity index (χ0) is 9.19. The molecule has 0 aliphatic carbocycles. The Morgan fingerprint density at radius 1 is 1.75 bits per heavy atom. The van der Waals surface area contributed by atoms with Crippen molar-refractivity contribution >= 4 is 0 Å². The van der Waals surface area contributed by atoms with E-state index in [0.29, 0.717) is 6.61 Å². The second-order valence-electron chi connectivity index (χ2n) is 3.25. The van der Waals surface area contributed by atoms with E-state index in [1.165, 1.54) is 0 Å². The Bertz CT molecular complexity index is 255. The van der Waals surface area contributed by atoms with Crippen LogP contribution in [0.5, 0.6) is 0 Å². The number of aryl methyl sites for hydroxylation is 1. The highest BCUT2D eigenvalue weighted by Crippen LogP contribution is 2.16. The summed E-state index contributed by atoms with van der Waals surface area (Å²) in [7, 11) is 3.51. The third kappa shape index (κ3) is 1.84. The first kappa shape index (κ1) is 9.22. The van der Waals surface area contributed by atoms with Gasteiger partial charge in [-0.25, -0.2) is 0 Å². The van der Waals surface area contributed by atoms with Crippen molar-refractivity contribution in [1.82, 2.24) is 9.78 Å². The van der Waals surface area contributed by atoms with Gasteiger partial charge < -0.3 is 10.5 Å². The highest BCUT2D eigenvalue weighted by molar-refractivity contribution is 5.15. The second kappa shape index (κ2) is 3.25. The van der Waals surface area contributed by atoms with E-state index in [1.807, 2.05) is 20.2 Å². The van der Waals surface area contributed by atoms with Gasteiger partial charge in [0.25, 0.3) is 0 Å². The Kier molecular flexibility index (Phi) is 2.49. The van der Waals surface area contributed by atoms with E-state index in [1.54, 1.807) is 18.0 Å². The topological polar surface area (TPSA) is 53.1 Å². The molecule has 0 saturated carbocycles. The van der Waals surface area contributed by atoms with Crippen LogP contribution in [-0.2, 0) is 17.3 Å². The van der Waals surface area contributed by atoms with Crippen LogP contribution in [0.25, 0.3) is 0 Å². The molecular weight excluding hydrogens is 154 g/mol. The lowest BCUT2D eigenvalue weighted by atomic mass is 9.98. The summed E-state index contributed by atoms with van der Waals surface area (Å²) in [6, 6.07) is 0. The van der Waals surface area contributed by atoms with E-state index in [4.69, 9.17) is 10.5 Å². The monoisotopic (exact) mass is 169 g/mol. The highest BCUT2D eigenvalue weighted by atomic mass is 16.5. The minimum Gasteiger partial charge on any atom is -0.382 e. The van der Waals surface area contributed by atoms with Crippen molar-refractivity contribution in [1.29, 1.82) is 0 Å². The molecule has 68 valence electrons. The molecule has 4 nitrogen and oxygen atoms in total. The molecule has 4 heteroatoms. The smallest absolute Gasteiger partial charge is 0.0682 e. The van der Waals surface area contributed by atoms with E-state index < -0.39 is 5.54 Å². The minimum absolute atomic E-state index is 0.441. The van der Waals surface area contributed by atoms with Crippen LogP contribution in [0.1, 0.15) is 12.5 Å². The van der Waals surface area contributed by atoms with Gasteiger partial charge in [0, 0.05) is 25.9 Å². The Labute approximate surface area is 72.3 Å². The lowest BCUT2D eigenvalue weighted by Crippen LogP contribution is -2.37. The number of nitrogens with two attached hydrogens (primary N) is 1. The molecule has 1 aromatic rings. The van der Waals surface area contributed by atoms with Gasteiger partial charge in [0.15, 0.2) is 0 Å². The Hall–Kier alpha value is -0.870. The molecule has 1 heterocycles. The van der Waals surface area contributed by atoms with E-state index in [-0.39, 0.29) is 0 Å². The summed E-state index contributed by atoms with van der Waals surface area (Å²) in [5, 5.41) is 4.05. The third-order valence-corrected chi connectivity index (χ3v) is 1.81. The number of methoxy groups -OCH3 is 1. The summed E-state index contributed by atoms with van der Waals surface area (Å²) in [6.07, 6.45) is 3.66. The van der Waals surface area contributed by atoms with Crippen LogP contribution in [0.3, 0.4) is 0 Å². The van der Waals surface area contributed by atoms with Crippen molar-refractivity contribution in [2.24, 2.45) is 12.8 Å². The molecule has 2 N–H and O–H groups in total. The molecule has 0 spiro atoms. The summed E-state index contributed by atoms with van der Waals surface area (Å²) in [5.41, 5.74) is 6.53. The number of aromatic nitrogens is 2. The van der Waals surface area contributed by atoms with Gasteiger partial charge in [-0.2, -0.15) is 5.10 Å². The van der Waals surface area contributed by atoms with Crippen molar-refractivity contribution in [3.05, 3.63) is 18.0 Å². The average molecular weight is 169 g/mol. The number of rotatable bonds is 3. The standard InChI is InChI=1S/C8H15N3O/c1-8(9,6-12-3)7-4-10-11(2)5-7/h4-5H,6,9H2,1-3H3. The second-order valence-corrected chi connectivity index (χ2v) is 3.25. The SMILES string of the molecule is COCC(C)(N)c1cnn(C)c1. The number of hydrogen-bond donors (Lipinski definition) is 1. The molecule has 0 aromatic carbocycles. The van der Waals surface area contributed by atoms with E-state index in [9.17, 15) is 0 Å².